The Morgan fingerprint density at radius 1 is 1.47 bits per heavy atom. The Morgan fingerprint density at radius 3 is 2.67 bits per heavy atom. The van der Waals surface area contributed by atoms with Crippen LogP contribution in [-0.2, 0) is 11.3 Å². The minimum Gasteiger partial charge on any atom is -0.511 e. The quantitative estimate of drug-likeness (QED) is 0.700. The molecular formula is C12H17NO2. The minimum atomic E-state index is -0.200. The Kier molecular flexibility index (Phi) is 4.87. The molecule has 0 bridgehead atoms. The Bertz CT molecular complexity index is 298. The van der Waals surface area contributed by atoms with Gasteiger partial charge in [0.2, 0.25) is 0 Å². The van der Waals surface area contributed by atoms with Crippen LogP contribution < -0.4 is 5.32 Å². The van der Waals surface area contributed by atoms with E-state index in [2.05, 4.69) is 11.9 Å². The van der Waals surface area contributed by atoms with Crippen LogP contribution >= 0.6 is 0 Å². The van der Waals surface area contributed by atoms with Crippen LogP contribution in [0.15, 0.2) is 42.7 Å². The predicted molar refractivity (Wildman–Crippen MR) is 60.7 cm³/mol. The van der Waals surface area contributed by atoms with Gasteiger partial charge in [-0.25, -0.2) is 0 Å². The fourth-order valence-electron chi connectivity index (χ4n) is 1.22. The van der Waals surface area contributed by atoms with Gasteiger partial charge < -0.3 is 15.2 Å². The van der Waals surface area contributed by atoms with Gasteiger partial charge in [0.15, 0.2) is 0 Å². The monoisotopic (exact) mass is 207 g/mol. The molecule has 82 valence electrons. The molecular weight excluding hydrogens is 190 g/mol. The van der Waals surface area contributed by atoms with Crippen molar-refractivity contribution in [2.45, 2.75) is 12.6 Å². The summed E-state index contributed by atoms with van der Waals surface area (Å²) in [5.41, 5.74) is 1.12. The number of rotatable bonds is 6. The third kappa shape index (κ3) is 4.14. The van der Waals surface area contributed by atoms with E-state index in [1.54, 1.807) is 7.05 Å². The molecule has 3 heteroatoms. The van der Waals surface area contributed by atoms with E-state index in [9.17, 15) is 5.11 Å². The average Bonchev–Trinajstić information content (AvgIpc) is 2.25. The smallest absolute Gasteiger partial charge is 0.104 e. The van der Waals surface area contributed by atoms with E-state index in [0.717, 1.165) is 5.56 Å². The molecule has 0 fully saturated rings. The summed E-state index contributed by atoms with van der Waals surface area (Å²) >= 11 is 0. The third-order valence-electron chi connectivity index (χ3n) is 2.15. The molecule has 0 saturated heterocycles. The molecule has 15 heavy (non-hydrogen) atoms. The van der Waals surface area contributed by atoms with E-state index in [4.69, 9.17) is 4.74 Å². The molecule has 1 aromatic carbocycles. The van der Waals surface area contributed by atoms with E-state index in [0.29, 0.717) is 13.2 Å². The van der Waals surface area contributed by atoms with Crippen molar-refractivity contribution >= 4 is 0 Å². The molecule has 0 aliphatic heterocycles. The summed E-state index contributed by atoms with van der Waals surface area (Å²) in [6, 6.07) is 9.71. The normalized spacial score (nSPS) is 12.3. The zero-order chi connectivity index (χ0) is 11.1. The third-order valence-corrected chi connectivity index (χ3v) is 2.15. The molecule has 0 spiro atoms. The Morgan fingerprint density at radius 2 is 2.13 bits per heavy atom. The number of hydrogen-bond acceptors (Lipinski definition) is 3. The van der Waals surface area contributed by atoms with Crippen molar-refractivity contribution in [3.05, 3.63) is 48.2 Å². The van der Waals surface area contributed by atoms with Crippen molar-refractivity contribution in [3.8, 4) is 0 Å². The van der Waals surface area contributed by atoms with Gasteiger partial charge in [-0.15, -0.1) is 0 Å². The zero-order valence-electron chi connectivity index (χ0n) is 8.94. The lowest BCUT2D eigenvalue weighted by Crippen LogP contribution is -2.31. The zero-order valence-corrected chi connectivity index (χ0v) is 8.94. The number of likely N-dealkylation sites (N-methyl/N-ethyl adjacent to an activating group) is 1. The lowest BCUT2D eigenvalue weighted by Gasteiger charge is -2.14. The van der Waals surface area contributed by atoms with E-state index in [1.165, 1.54) is 0 Å². The maximum Gasteiger partial charge on any atom is 0.104 e. The molecule has 0 aliphatic rings. The lowest BCUT2D eigenvalue weighted by atomic mass is 10.2. The highest BCUT2D eigenvalue weighted by atomic mass is 16.5. The van der Waals surface area contributed by atoms with Crippen LogP contribution in [-0.4, -0.2) is 24.8 Å². The van der Waals surface area contributed by atoms with Crippen LogP contribution in [0.1, 0.15) is 5.56 Å². The minimum absolute atomic E-state index is 0.102. The van der Waals surface area contributed by atoms with Gasteiger partial charge in [0.25, 0.3) is 0 Å². The Labute approximate surface area is 90.4 Å². The van der Waals surface area contributed by atoms with E-state index < -0.39 is 0 Å². The topological polar surface area (TPSA) is 41.5 Å². The summed E-state index contributed by atoms with van der Waals surface area (Å²) in [5.74, 6) is 0.102. The van der Waals surface area contributed by atoms with Crippen molar-refractivity contribution in [1.29, 1.82) is 0 Å². The van der Waals surface area contributed by atoms with Crippen LogP contribution in [0.4, 0.5) is 0 Å². The van der Waals surface area contributed by atoms with Gasteiger partial charge >= 0.3 is 0 Å². The molecule has 1 rings (SSSR count). The largest absolute Gasteiger partial charge is 0.511 e. The second-order valence-corrected chi connectivity index (χ2v) is 3.33. The van der Waals surface area contributed by atoms with E-state index in [-0.39, 0.29) is 11.8 Å². The van der Waals surface area contributed by atoms with E-state index in [1.807, 2.05) is 30.3 Å². The second kappa shape index (κ2) is 6.22. The molecule has 1 aromatic rings. The molecule has 0 radical (unpaired) electrons. The molecule has 1 unspecified atom stereocenters. The highest BCUT2D eigenvalue weighted by Crippen LogP contribution is 2.02. The van der Waals surface area contributed by atoms with Gasteiger partial charge in [0.1, 0.15) is 5.76 Å². The number of aliphatic hydroxyl groups is 1. The van der Waals surface area contributed by atoms with Crippen LogP contribution in [0.3, 0.4) is 0 Å². The fourth-order valence-corrected chi connectivity index (χ4v) is 1.22. The van der Waals surface area contributed by atoms with E-state index >= 15 is 0 Å². The summed E-state index contributed by atoms with van der Waals surface area (Å²) in [6.07, 6.45) is 0. The molecule has 0 saturated carbocycles. The second-order valence-electron chi connectivity index (χ2n) is 3.33. The van der Waals surface area contributed by atoms with Gasteiger partial charge in [-0.05, 0) is 12.6 Å². The van der Waals surface area contributed by atoms with Gasteiger partial charge in [-0.2, -0.15) is 0 Å². The summed E-state index contributed by atoms with van der Waals surface area (Å²) < 4.78 is 5.45. The van der Waals surface area contributed by atoms with Crippen LogP contribution in [0, 0.1) is 0 Å². The van der Waals surface area contributed by atoms with Gasteiger partial charge in [-0.1, -0.05) is 36.9 Å². The molecule has 0 aliphatic carbocycles. The van der Waals surface area contributed by atoms with Crippen LogP contribution in [0.5, 0.6) is 0 Å². The van der Waals surface area contributed by atoms with Crippen LogP contribution in [0.2, 0.25) is 0 Å². The number of nitrogens with one attached hydrogen (secondary N) is 1. The average molecular weight is 207 g/mol. The van der Waals surface area contributed by atoms with Crippen molar-refractivity contribution in [2.75, 3.05) is 13.7 Å². The lowest BCUT2D eigenvalue weighted by molar-refractivity contribution is 0.0980. The van der Waals surface area contributed by atoms with Crippen molar-refractivity contribution < 1.29 is 9.84 Å². The molecule has 3 nitrogen and oxygen atoms in total. The predicted octanol–water partition coefficient (Wildman–Crippen LogP) is 1.86. The number of hydrogen-bond donors (Lipinski definition) is 2. The first-order valence-corrected chi connectivity index (χ1v) is 4.90. The summed E-state index contributed by atoms with van der Waals surface area (Å²) in [4.78, 5) is 0. The highest BCUT2D eigenvalue weighted by molar-refractivity contribution is 5.13. The summed E-state index contributed by atoms with van der Waals surface area (Å²) in [6.45, 7) is 4.43. The van der Waals surface area contributed by atoms with Gasteiger partial charge in [0, 0.05) is 0 Å². The SMILES string of the molecule is C=C(O)C(COCc1ccccc1)NC. The first-order valence-electron chi connectivity index (χ1n) is 4.90. The Hall–Kier alpha value is -1.32. The molecule has 0 aromatic heterocycles. The number of benzene rings is 1. The highest BCUT2D eigenvalue weighted by Gasteiger charge is 2.08. The first-order chi connectivity index (χ1) is 7.24. The number of ether oxygens (including phenoxy) is 1. The first kappa shape index (κ1) is 11.8. The van der Waals surface area contributed by atoms with Crippen molar-refractivity contribution in [3.63, 3.8) is 0 Å². The molecule has 0 heterocycles. The molecule has 0 amide bonds. The fraction of sp³-hybridized carbons (Fsp3) is 0.333. The maximum atomic E-state index is 9.17. The Balaban J connectivity index is 2.30. The molecule has 1 atom stereocenters. The summed E-state index contributed by atoms with van der Waals surface area (Å²) in [5, 5.41) is 12.1. The van der Waals surface area contributed by atoms with Crippen molar-refractivity contribution in [1.82, 2.24) is 5.32 Å². The van der Waals surface area contributed by atoms with Crippen molar-refractivity contribution in [2.24, 2.45) is 0 Å². The molecule has 2 N–H and O–H groups in total. The van der Waals surface area contributed by atoms with Gasteiger partial charge in [-0.3, -0.25) is 0 Å². The van der Waals surface area contributed by atoms with Crippen LogP contribution in [0.25, 0.3) is 0 Å². The maximum absolute atomic E-state index is 9.17. The van der Waals surface area contributed by atoms with Gasteiger partial charge in [0.05, 0.1) is 19.3 Å². The number of aliphatic hydroxyl groups excluding tert-OH is 1. The summed E-state index contributed by atoms with van der Waals surface area (Å²) in [7, 11) is 1.76. The standard InChI is InChI=1S/C12H17NO2/c1-10(14)12(13-2)9-15-8-11-6-4-3-5-7-11/h3-7,12-14H,1,8-9H2,2H3.